The number of anilines is 1. The highest BCUT2D eigenvalue weighted by Crippen LogP contribution is 2.25. The summed E-state index contributed by atoms with van der Waals surface area (Å²) in [5.41, 5.74) is 3.22. The predicted octanol–water partition coefficient (Wildman–Crippen LogP) is 0.968. The van der Waals surface area contributed by atoms with Crippen LogP contribution in [0.15, 0.2) is 10.7 Å². The maximum atomic E-state index is 11.2. The van der Waals surface area contributed by atoms with E-state index in [-0.39, 0.29) is 5.88 Å². The summed E-state index contributed by atoms with van der Waals surface area (Å²) in [4.78, 5) is 12.6. The second-order valence-corrected chi connectivity index (χ2v) is 5.44. The molecule has 100 valence electrons. The summed E-state index contributed by atoms with van der Waals surface area (Å²) in [5.74, 6) is 1.39. The second kappa shape index (κ2) is 5.94. The van der Waals surface area contributed by atoms with Crippen molar-refractivity contribution in [2.45, 2.75) is 31.6 Å². The fourth-order valence-electron chi connectivity index (χ4n) is 1.70. The number of rotatable bonds is 4. The van der Waals surface area contributed by atoms with Crippen LogP contribution < -0.4 is 15.5 Å². The Kier molecular flexibility index (Phi) is 4.29. The molecule has 2 heterocycles. The van der Waals surface area contributed by atoms with Gasteiger partial charge in [-0.25, -0.2) is 4.79 Å². The van der Waals surface area contributed by atoms with E-state index in [2.05, 4.69) is 22.9 Å². The quantitative estimate of drug-likeness (QED) is 0.796. The number of nitrogens with one attached hydrogen (secondary N) is 2. The predicted molar refractivity (Wildman–Crippen MR) is 67.0 cm³/mol. The first-order chi connectivity index (χ1) is 8.69. The first-order valence-electron chi connectivity index (χ1n) is 5.89. The van der Waals surface area contributed by atoms with E-state index in [1.807, 2.05) is 11.8 Å². The van der Waals surface area contributed by atoms with Gasteiger partial charge in [0, 0.05) is 5.25 Å². The fourth-order valence-corrected chi connectivity index (χ4v) is 2.89. The van der Waals surface area contributed by atoms with Gasteiger partial charge in [-0.3, -0.25) is 9.84 Å². The van der Waals surface area contributed by atoms with Crippen molar-refractivity contribution in [2.24, 2.45) is 0 Å². The van der Waals surface area contributed by atoms with Crippen molar-refractivity contribution in [3.63, 3.8) is 0 Å². The fraction of sp³-hybridized carbons (Fsp3) is 0.700. The third kappa shape index (κ3) is 3.28. The van der Waals surface area contributed by atoms with Crippen molar-refractivity contribution in [3.8, 4) is 0 Å². The Balaban J connectivity index is 1.87. The van der Waals surface area contributed by atoms with Gasteiger partial charge in [0.05, 0.1) is 17.4 Å². The highest BCUT2D eigenvalue weighted by Gasteiger charge is 2.28. The van der Waals surface area contributed by atoms with E-state index in [9.17, 15) is 4.79 Å². The van der Waals surface area contributed by atoms with E-state index >= 15 is 0 Å². The van der Waals surface area contributed by atoms with Crippen molar-refractivity contribution < 1.29 is 18.8 Å². The number of ether oxygens (including phenoxy) is 1. The van der Waals surface area contributed by atoms with Crippen molar-refractivity contribution >= 4 is 23.7 Å². The van der Waals surface area contributed by atoms with Crippen molar-refractivity contribution in [1.82, 2.24) is 5.27 Å². The van der Waals surface area contributed by atoms with E-state index in [0.29, 0.717) is 17.9 Å². The summed E-state index contributed by atoms with van der Waals surface area (Å²) in [5, 5.41) is 6.76. The summed E-state index contributed by atoms with van der Waals surface area (Å²) in [6.07, 6.45) is 2.12. The smallest absolute Gasteiger partial charge is 0.414 e. The molecule has 0 bridgehead atoms. The molecule has 0 radical (unpaired) electrons. The Hall–Kier alpha value is -1.44. The molecule has 0 spiro atoms. The number of carbonyl (C=O) groups is 1. The summed E-state index contributed by atoms with van der Waals surface area (Å²) in [6, 6.07) is 0.362. The molecule has 1 amide bonds. The van der Waals surface area contributed by atoms with Gasteiger partial charge in [-0.1, -0.05) is 6.92 Å². The average Bonchev–Trinajstić information content (AvgIpc) is 2.90. The number of amides is 1. The number of thioether (sulfide) groups is 1. The lowest BCUT2D eigenvalue weighted by molar-refractivity contribution is -0.722. The molecule has 1 aliphatic rings. The molecular weight excluding hydrogens is 256 g/mol. The van der Waals surface area contributed by atoms with Crippen LogP contribution in [0.2, 0.25) is 0 Å². The van der Waals surface area contributed by atoms with Crippen LogP contribution >= 0.6 is 11.8 Å². The standard InChI is InChI=1S/C10H16N4O3S/c1-3-16-10(15)11-9-6-14(13-17-9)12-8-4-5-18-7(8)2/h6-8H,3-5H2,1-2H3,(H-,11,12,13,15)/p+1. The Labute approximate surface area is 109 Å². The molecule has 2 atom stereocenters. The molecular formula is C10H17N4O3S+. The first-order valence-corrected chi connectivity index (χ1v) is 6.94. The number of carbonyl (C=O) groups excluding carboxylic acids is 1. The molecule has 8 heteroatoms. The van der Waals surface area contributed by atoms with Crippen LogP contribution in [0.4, 0.5) is 10.7 Å². The van der Waals surface area contributed by atoms with Gasteiger partial charge in [-0.05, 0) is 19.1 Å². The van der Waals surface area contributed by atoms with Crippen LogP contribution in [0, 0.1) is 0 Å². The monoisotopic (exact) mass is 273 g/mol. The lowest BCUT2D eigenvalue weighted by atomic mass is 10.2. The van der Waals surface area contributed by atoms with Crippen LogP contribution in [0.1, 0.15) is 20.3 Å². The van der Waals surface area contributed by atoms with Gasteiger partial charge in [-0.2, -0.15) is 17.2 Å². The normalized spacial score (nSPS) is 22.8. The van der Waals surface area contributed by atoms with Crippen molar-refractivity contribution in [1.29, 1.82) is 0 Å². The molecule has 2 rings (SSSR count). The van der Waals surface area contributed by atoms with Crippen LogP contribution in [0.5, 0.6) is 0 Å². The topological polar surface area (TPSA) is 80.3 Å². The number of hydrogen-bond donors (Lipinski definition) is 2. The van der Waals surface area contributed by atoms with Gasteiger partial charge >= 0.3 is 12.0 Å². The van der Waals surface area contributed by atoms with E-state index in [1.54, 1.807) is 13.1 Å². The maximum Gasteiger partial charge on any atom is 0.414 e. The molecule has 1 aromatic heterocycles. The lowest BCUT2D eigenvalue weighted by Crippen LogP contribution is -2.52. The molecule has 1 aliphatic heterocycles. The number of hydrogen-bond acceptors (Lipinski definition) is 6. The Bertz CT molecular complexity index is 412. The SMILES string of the molecule is CCOC(=O)Nc1c[n+](NC2CCSC2C)no1. The van der Waals surface area contributed by atoms with Crippen LogP contribution in [0.25, 0.3) is 0 Å². The van der Waals surface area contributed by atoms with E-state index < -0.39 is 6.09 Å². The first kappa shape index (κ1) is 13.0. The molecule has 7 nitrogen and oxygen atoms in total. The largest absolute Gasteiger partial charge is 0.450 e. The zero-order chi connectivity index (χ0) is 13.0. The van der Waals surface area contributed by atoms with Gasteiger partial charge in [0.25, 0.3) is 6.20 Å². The van der Waals surface area contributed by atoms with Crippen LogP contribution in [0.3, 0.4) is 0 Å². The Morgan fingerprint density at radius 2 is 2.61 bits per heavy atom. The Morgan fingerprint density at radius 1 is 1.78 bits per heavy atom. The van der Waals surface area contributed by atoms with Gasteiger partial charge in [0.1, 0.15) is 0 Å². The summed E-state index contributed by atoms with van der Waals surface area (Å²) in [7, 11) is 0. The molecule has 1 fully saturated rings. The molecule has 1 aromatic rings. The zero-order valence-electron chi connectivity index (χ0n) is 10.4. The second-order valence-electron chi connectivity index (χ2n) is 3.96. The zero-order valence-corrected chi connectivity index (χ0v) is 11.2. The van der Waals surface area contributed by atoms with Gasteiger partial charge in [-0.15, -0.1) is 0 Å². The molecule has 2 N–H and O–H groups in total. The highest BCUT2D eigenvalue weighted by molar-refractivity contribution is 8.00. The molecule has 0 saturated carbocycles. The molecule has 0 aliphatic carbocycles. The van der Waals surface area contributed by atoms with Gasteiger partial charge in [0.2, 0.25) is 5.27 Å². The Morgan fingerprint density at radius 3 is 3.28 bits per heavy atom. The summed E-state index contributed by atoms with van der Waals surface area (Å²) in [6.45, 7) is 4.23. The molecule has 0 aromatic carbocycles. The number of nitrogens with zero attached hydrogens (tertiary/aromatic N) is 2. The van der Waals surface area contributed by atoms with Crippen LogP contribution in [-0.2, 0) is 4.74 Å². The summed E-state index contributed by atoms with van der Waals surface area (Å²) < 4.78 is 9.69. The maximum absolute atomic E-state index is 11.2. The average molecular weight is 273 g/mol. The molecule has 1 saturated heterocycles. The number of aromatic nitrogens is 2. The highest BCUT2D eigenvalue weighted by atomic mass is 32.2. The van der Waals surface area contributed by atoms with Crippen LogP contribution in [-0.4, -0.2) is 35.0 Å². The minimum absolute atomic E-state index is 0.249. The van der Waals surface area contributed by atoms with Crippen molar-refractivity contribution in [3.05, 3.63) is 6.20 Å². The summed E-state index contributed by atoms with van der Waals surface area (Å²) >= 11 is 1.92. The van der Waals surface area contributed by atoms with Gasteiger partial charge < -0.3 is 4.74 Å². The molecule has 18 heavy (non-hydrogen) atoms. The van der Waals surface area contributed by atoms with Gasteiger partial charge in [0.15, 0.2) is 0 Å². The van der Waals surface area contributed by atoms with E-state index in [0.717, 1.165) is 12.2 Å². The van der Waals surface area contributed by atoms with E-state index in [1.165, 1.54) is 4.79 Å². The minimum atomic E-state index is -0.550. The molecule has 2 unspecified atom stereocenters. The lowest BCUT2D eigenvalue weighted by Gasteiger charge is -2.08. The third-order valence-corrected chi connectivity index (χ3v) is 3.97. The van der Waals surface area contributed by atoms with E-state index in [4.69, 9.17) is 9.26 Å². The minimum Gasteiger partial charge on any atom is -0.450 e. The third-order valence-electron chi connectivity index (χ3n) is 2.64. The van der Waals surface area contributed by atoms with Crippen molar-refractivity contribution in [2.75, 3.05) is 23.1 Å².